The minimum absolute atomic E-state index is 0.454. The fraction of sp³-hybridized carbons (Fsp3) is 0.176. The lowest BCUT2D eigenvalue weighted by Crippen LogP contribution is -2.19. The van der Waals surface area contributed by atoms with Gasteiger partial charge in [0.1, 0.15) is 0 Å². The van der Waals surface area contributed by atoms with Gasteiger partial charge >= 0.3 is 0 Å². The molecule has 4 nitrogen and oxygen atoms in total. The van der Waals surface area contributed by atoms with Crippen molar-refractivity contribution >= 4 is 23.5 Å². The molecule has 0 atom stereocenters. The zero-order valence-corrected chi connectivity index (χ0v) is 11.8. The Hall–Kier alpha value is -2.80. The van der Waals surface area contributed by atoms with Gasteiger partial charge in [-0.25, -0.2) is 9.59 Å². The summed E-state index contributed by atoms with van der Waals surface area (Å²) in [5, 5.41) is 0. The third-order valence-corrected chi connectivity index (χ3v) is 3.47. The van der Waals surface area contributed by atoms with Gasteiger partial charge in [-0.05, 0) is 17.7 Å². The molecule has 0 aromatic heterocycles. The summed E-state index contributed by atoms with van der Waals surface area (Å²) in [5.41, 5.74) is 2.16. The molecule has 4 heteroatoms. The van der Waals surface area contributed by atoms with Crippen LogP contribution in [-0.4, -0.2) is 12.2 Å². The Morgan fingerprint density at radius 2 is 1.33 bits per heavy atom. The summed E-state index contributed by atoms with van der Waals surface area (Å²) in [6, 6.07) is 14.9. The molecule has 2 aromatic rings. The zero-order valence-electron chi connectivity index (χ0n) is 11.8. The van der Waals surface area contributed by atoms with Gasteiger partial charge < -0.3 is 0 Å². The van der Waals surface area contributed by atoms with Crippen LogP contribution >= 0.6 is 0 Å². The summed E-state index contributed by atoms with van der Waals surface area (Å²) >= 11 is 0. The summed E-state index contributed by atoms with van der Waals surface area (Å²) in [6.07, 6.45) is 3.10. The maximum absolute atomic E-state index is 10.7. The van der Waals surface area contributed by atoms with E-state index in [1.165, 1.54) is 0 Å². The van der Waals surface area contributed by atoms with Crippen molar-refractivity contribution < 1.29 is 9.59 Å². The molecule has 0 aliphatic rings. The minimum atomic E-state index is -0.478. The number of nitrogens with zero attached hydrogens (tertiary/aromatic N) is 2. The highest BCUT2D eigenvalue weighted by atomic mass is 16.1. The topological polar surface area (TPSA) is 58.9 Å². The fourth-order valence-corrected chi connectivity index (χ4v) is 2.45. The average molecular weight is 278 g/mol. The standard InChI is InChI=1S/C17H14N2O2/c1-17(2,13-7-4-3-5-8-13)16-14(18-11-20)9-6-10-15(16)19-12-21/h3-10H,1-2H3. The number of carbonyl (C=O) groups excluding carboxylic acids is 2. The largest absolute Gasteiger partial charge is 0.240 e. The van der Waals surface area contributed by atoms with Gasteiger partial charge in [-0.3, -0.25) is 0 Å². The second-order valence-corrected chi connectivity index (χ2v) is 5.07. The van der Waals surface area contributed by atoms with Gasteiger partial charge in [0.15, 0.2) is 0 Å². The molecule has 104 valence electrons. The number of hydrogen-bond donors (Lipinski definition) is 0. The van der Waals surface area contributed by atoms with Gasteiger partial charge in [-0.2, -0.15) is 9.98 Å². The summed E-state index contributed by atoms with van der Waals surface area (Å²) in [6.45, 7) is 3.98. The lowest BCUT2D eigenvalue weighted by atomic mass is 9.76. The van der Waals surface area contributed by atoms with Crippen LogP contribution in [0.3, 0.4) is 0 Å². The van der Waals surface area contributed by atoms with Crippen LogP contribution < -0.4 is 0 Å². The van der Waals surface area contributed by atoms with Crippen molar-refractivity contribution in [1.29, 1.82) is 0 Å². The van der Waals surface area contributed by atoms with Crippen molar-refractivity contribution in [3.8, 4) is 0 Å². The Kier molecular flexibility index (Phi) is 4.24. The summed E-state index contributed by atoms with van der Waals surface area (Å²) in [5.74, 6) is 0. The van der Waals surface area contributed by atoms with Crippen LogP contribution in [0.5, 0.6) is 0 Å². The number of hydrogen-bond acceptors (Lipinski definition) is 4. The van der Waals surface area contributed by atoms with Crippen LogP contribution in [0, 0.1) is 0 Å². The van der Waals surface area contributed by atoms with E-state index in [9.17, 15) is 9.59 Å². The molecule has 0 fully saturated rings. The molecule has 2 rings (SSSR count). The van der Waals surface area contributed by atoms with Crippen molar-refractivity contribution in [2.75, 3.05) is 0 Å². The van der Waals surface area contributed by atoms with Crippen molar-refractivity contribution in [1.82, 2.24) is 0 Å². The molecule has 0 spiro atoms. The molecule has 21 heavy (non-hydrogen) atoms. The first-order chi connectivity index (χ1) is 10.1. The average Bonchev–Trinajstić information content (AvgIpc) is 2.49. The zero-order chi connectivity index (χ0) is 15.3. The third-order valence-electron chi connectivity index (χ3n) is 3.47. The predicted molar refractivity (Wildman–Crippen MR) is 80.6 cm³/mol. The second kappa shape index (κ2) is 6.10. The van der Waals surface area contributed by atoms with E-state index in [1.54, 1.807) is 30.4 Å². The molecule has 0 saturated heterocycles. The predicted octanol–water partition coefficient (Wildman–Crippen LogP) is 3.95. The molecular weight excluding hydrogens is 264 g/mol. The highest BCUT2D eigenvalue weighted by Crippen LogP contribution is 2.42. The van der Waals surface area contributed by atoms with Crippen molar-refractivity contribution in [3.05, 3.63) is 59.7 Å². The Morgan fingerprint density at radius 1 is 0.810 bits per heavy atom. The van der Waals surface area contributed by atoms with Gasteiger partial charge in [0.2, 0.25) is 12.2 Å². The Bertz CT molecular complexity index is 702. The number of benzene rings is 2. The van der Waals surface area contributed by atoms with Gasteiger partial charge in [-0.1, -0.05) is 50.2 Å². The van der Waals surface area contributed by atoms with E-state index in [0.29, 0.717) is 16.9 Å². The summed E-state index contributed by atoms with van der Waals surface area (Å²) in [4.78, 5) is 28.8. The minimum Gasteiger partial charge on any atom is -0.211 e. The maximum atomic E-state index is 10.7. The van der Waals surface area contributed by atoms with Crippen LogP contribution in [0.1, 0.15) is 25.0 Å². The highest BCUT2D eigenvalue weighted by Gasteiger charge is 2.29. The molecule has 0 unspecified atom stereocenters. The van der Waals surface area contributed by atoms with E-state index in [2.05, 4.69) is 9.98 Å². The van der Waals surface area contributed by atoms with E-state index in [0.717, 1.165) is 5.56 Å². The van der Waals surface area contributed by atoms with E-state index >= 15 is 0 Å². The van der Waals surface area contributed by atoms with E-state index in [-0.39, 0.29) is 0 Å². The van der Waals surface area contributed by atoms with Crippen molar-refractivity contribution in [3.63, 3.8) is 0 Å². The summed E-state index contributed by atoms with van der Waals surface area (Å²) < 4.78 is 0. The molecule has 0 aliphatic heterocycles. The van der Waals surface area contributed by atoms with E-state index in [1.807, 2.05) is 44.2 Å². The molecule has 0 N–H and O–H groups in total. The first kappa shape index (κ1) is 14.6. The van der Waals surface area contributed by atoms with Crippen LogP contribution in [0.2, 0.25) is 0 Å². The van der Waals surface area contributed by atoms with Crippen LogP contribution in [0.4, 0.5) is 11.4 Å². The highest BCUT2D eigenvalue weighted by molar-refractivity contribution is 5.69. The SMILES string of the molecule is CC(C)(c1ccccc1)c1c(N=C=O)cccc1N=C=O. The quantitative estimate of drug-likeness (QED) is 0.628. The summed E-state index contributed by atoms with van der Waals surface area (Å²) in [7, 11) is 0. The van der Waals surface area contributed by atoms with Crippen molar-refractivity contribution in [2.24, 2.45) is 9.98 Å². The van der Waals surface area contributed by atoms with E-state index < -0.39 is 5.41 Å². The normalized spacial score (nSPS) is 10.4. The van der Waals surface area contributed by atoms with Gasteiger partial charge in [-0.15, -0.1) is 0 Å². The van der Waals surface area contributed by atoms with E-state index in [4.69, 9.17) is 0 Å². The van der Waals surface area contributed by atoms with Gasteiger partial charge in [0.25, 0.3) is 0 Å². The fourth-order valence-electron chi connectivity index (χ4n) is 2.45. The monoisotopic (exact) mass is 278 g/mol. The third kappa shape index (κ3) is 2.87. The first-order valence-electron chi connectivity index (χ1n) is 6.46. The van der Waals surface area contributed by atoms with Crippen molar-refractivity contribution in [2.45, 2.75) is 19.3 Å². The lowest BCUT2D eigenvalue weighted by molar-refractivity contribution is 0.565. The Morgan fingerprint density at radius 3 is 1.81 bits per heavy atom. The molecule has 0 radical (unpaired) electrons. The van der Waals surface area contributed by atoms with Crippen LogP contribution in [0.15, 0.2) is 58.5 Å². The molecule has 0 saturated carbocycles. The maximum Gasteiger partial charge on any atom is 0.240 e. The van der Waals surface area contributed by atoms with Crippen LogP contribution in [-0.2, 0) is 15.0 Å². The van der Waals surface area contributed by atoms with Crippen LogP contribution in [0.25, 0.3) is 0 Å². The molecule has 0 aliphatic carbocycles. The lowest BCUT2D eigenvalue weighted by Gasteiger charge is -2.28. The number of isocyanates is 2. The number of rotatable bonds is 4. The second-order valence-electron chi connectivity index (χ2n) is 5.07. The first-order valence-corrected chi connectivity index (χ1v) is 6.46. The molecule has 0 amide bonds. The molecule has 0 heterocycles. The smallest absolute Gasteiger partial charge is 0.211 e. The van der Waals surface area contributed by atoms with Gasteiger partial charge in [0.05, 0.1) is 11.4 Å². The Labute approximate surface area is 122 Å². The van der Waals surface area contributed by atoms with Gasteiger partial charge in [0, 0.05) is 11.0 Å². The molecule has 2 aromatic carbocycles. The number of aliphatic imine (C=N–C) groups is 2. The molecule has 0 bridgehead atoms. The Balaban J connectivity index is 2.76. The molecular formula is C17H14N2O2.